The molecule has 0 fully saturated rings. The topological polar surface area (TPSA) is 23.9 Å². The van der Waals surface area contributed by atoms with Crippen LogP contribution in [0.1, 0.15) is 20.8 Å². The molecule has 0 heterocycles. The molecule has 2 heteroatoms. The second-order valence-corrected chi connectivity index (χ2v) is 2.79. The number of hydrogen-bond donors (Lipinski definition) is 1. The van der Waals surface area contributed by atoms with Crippen molar-refractivity contribution in [2.45, 2.75) is 20.8 Å². The second-order valence-electron chi connectivity index (χ2n) is 2.38. The van der Waals surface area contributed by atoms with Gasteiger partial charge in [-0.05, 0) is 5.92 Å². The van der Waals surface area contributed by atoms with E-state index in [-0.39, 0.29) is 11.1 Å². The van der Waals surface area contributed by atoms with Gasteiger partial charge in [-0.2, -0.15) is 0 Å². The third-order valence-corrected chi connectivity index (χ3v) is 1.74. The molecule has 0 radical (unpaired) electrons. The van der Waals surface area contributed by atoms with E-state index in [2.05, 4.69) is 13.8 Å². The molecule has 0 amide bonds. The van der Waals surface area contributed by atoms with Gasteiger partial charge in [-0.25, -0.2) is 0 Å². The summed E-state index contributed by atoms with van der Waals surface area (Å²) in [6, 6.07) is 0. The van der Waals surface area contributed by atoms with Crippen LogP contribution in [0.4, 0.5) is 0 Å². The molecule has 0 spiro atoms. The smallest absolute Gasteiger partial charge is 0.0999 e. The summed E-state index contributed by atoms with van der Waals surface area (Å²) in [5, 5.41) is 7.26. The molecule has 0 aromatic rings. The fourth-order valence-electron chi connectivity index (χ4n) is 0.293. The van der Waals surface area contributed by atoms with E-state index in [1.54, 1.807) is 0 Å². The Bertz CT molecular complexity index is 88.5. The largest absolute Gasteiger partial charge is 0.293 e. The average molecular weight is 134 g/mol. The summed E-state index contributed by atoms with van der Waals surface area (Å²) in [6.45, 7) is 6.07. The van der Waals surface area contributed by atoms with E-state index in [1.807, 2.05) is 6.92 Å². The first-order chi connectivity index (χ1) is 3.55. The minimum Gasteiger partial charge on any atom is -0.293 e. The van der Waals surface area contributed by atoms with E-state index >= 15 is 0 Å². The first-order valence-electron chi connectivity index (χ1n) is 2.79. The van der Waals surface area contributed by atoms with E-state index in [4.69, 9.17) is 17.0 Å². The molecule has 8 heavy (non-hydrogen) atoms. The zero-order valence-electron chi connectivity index (χ0n) is 5.53. The normalized spacial score (nSPS) is 14.1. The molecule has 0 aromatic heterocycles. The lowest BCUT2D eigenvalue weighted by atomic mass is 10.00. The quantitative estimate of drug-likeness (QED) is 0.560. The van der Waals surface area contributed by atoms with E-state index < -0.39 is 0 Å². The van der Waals surface area contributed by atoms with Crippen molar-refractivity contribution in [3.8, 4) is 0 Å². The summed E-state index contributed by atoms with van der Waals surface area (Å²) in [4.78, 5) is 0. The maximum Gasteiger partial charge on any atom is 0.0999 e. The molecule has 1 unspecified atom stereocenters. The summed E-state index contributed by atoms with van der Waals surface area (Å²) in [5.41, 5.74) is 0. The van der Waals surface area contributed by atoms with Gasteiger partial charge in [-0.3, -0.25) is 5.41 Å². The Hall–Kier alpha value is -0.0400. The van der Waals surface area contributed by atoms with Crippen LogP contribution in [0.15, 0.2) is 0 Å². The highest BCUT2D eigenvalue weighted by Gasteiger charge is 2.09. The van der Waals surface area contributed by atoms with Crippen LogP contribution in [0.2, 0.25) is 0 Å². The Morgan fingerprint density at radius 3 is 1.75 bits per heavy atom. The van der Waals surface area contributed by atoms with Gasteiger partial charge >= 0.3 is 0 Å². The lowest BCUT2D eigenvalue weighted by Gasteiger charge is -2.10. The number of hydrogen-bond acceptors (Lipinski definition) is 1. The van der Waals surface area contributed by atoms with E-state index in [0.717, 1.165) is 0 Å². The Balaban J connectivity index is 3.64. The summed E-state index contributed by atoms with van der Waals surface area (Å²) in [5.74, 6) is 0.705. The molecule has 0 aliphatic rings. The molecule has 0 bridgehead atoms. The minimum absolute atomic E-state index is 0.219. The van der Waals surface area contributed by atoms with Gasteiger partial charge in [0.05, 0.1) is 5.17 Å². The maximum absolute atomic E-state index is 7.00. The highest BCUT2D eigenvalue weighted by Crippen LogP contribution is 2.12. The van der Waals surface area contributed by atoms with Crippen LogP contribution in [0.25, 0.3) is 0 Å². The summed E-state index contributed by atoms with van der Waals surface area (Å²) in [6.07, 6.45) is 0. The Morgan fingerprint density at radius 1 is 1.38 bits per heavy atom. The van der Waals surface area contributed by atoms with Crippen LogP contribution in [0.5, 0.6) is 0 Å². The van der Waals surface area contributed by atoms with Crippen LogP contribution < -0.4 is 0 Å². The highest BCUT2D eigenvalue weighted by atomic mass is 35.5. The van der Waals surface area contributed by atoms with E-state index in [9.17, 15) is 0 Å². The van der Waals surface area contributed by atoms with Gasteiger partial charge < -0.3 is 0 Å². The Labute approximate surface area is 55.6 Å². The maximum atomic E-state index is 7.00. The molecule has 1 atom stereocenters. The van der Waals surface area contributed by atoms with E-state index in [1.165, 1.54) is 0 Å². The van der Waals surface area contributed by atoms with Crippen molar-refractivity contribution >= 4 is 16.8 Å². The summed E-state index contributed by atoms with van der Waals surface area (Å²) >= 11 is 5.41. The lowest BCUT2D eigenvalue weighted by molar-refractivity contribution is 0.535. The fourth-order valence-corrected chi connectivity index (χ4v) is 0.545. The van der Waals surface area contributed by atoms with Crippen molar-refractivity contribution in [2.24, 2.45) is 11.8 Å². The van der Waals surface area contributed by atoms with Crippen molar-refractivity contribution in [3.05, 3.63) is 0 Å². The molecule has 0 saturated heterocycles. The summed E-state index contributed by atoms with van der Waals surface area (Å²) < 4.78 is 0. The first kappa shape index (κ1) is 7.96. The molecule has 0 aromatic carbocycles. The number of nitrogens with one attached hydrogen (secondary N) is 1. The minimum atomic E-state index is 0.219. The van der Waals surface area contributed by atoms with Crippen LogP contribution in [0, 0.1) is 17.2 Å². The van der Waals surface area contributed by atoms with Crippen molar-refractivity contribution < 1.29 is 0 Å². The molecule has 0 aliphatic heterocycles. The van der Waals surface area contributed by atoms with Crippen LogP contribution >= 0.6 is 11.6 Å². The Kier molecular flexibility index (Phi) is 3.06. The third kappa shape index (κ3) is 2.31. The van der Waals surface area contributed by atoms with Crippen molar-refractivity contribution in [1.29, 1.82) is 5.41 Å². The predicted octanol–water partition coefficient (Wildman–Crippen LogP) is 2.49. The van der Waals surface area contributed by atoms with Gasteiger partial charge in [0.15, 0.2) is 0 Å². The SMILES string of the molecule is CC(C)C(C)C(=N)Cl. The first-order valence-corrected chi connectivity index (χ1v) is 3.17. The molecule has 0 aliphatic carbocycles. The molecule has 0 saturated carbocycles. The predicted molar refractivity (Wildman–Crippen MR) is 37.6 cm³/mol. The standard InChI is InChI=1S/C6H12ClN/c1-4(2)5(3)6(7)8/h4-5,8H,1-3H3. The van der Waals surface area contributed by atoms with Gasteiger partial charge in [-0.1, -0.05) is 32.4 Å². The van der Waals surface area contributed by atoms with Gasteiger partial charge in [0.1, 0.15) is 0 Å². The Morgan fingerprint density at radius 2 is 1.75 bits per heavy atom. The molecular weight excluding hydrogens is 122 g/mol. The van der Waals surface area contributed by atoms with Crippen molar-refractivity contribution in [3.63, 3.8) is 0 Å². The van der Waals surface area contributed by atoms with Gasteiger partial charge in [0, 0.05) is 5.92 Å². The van der Waals surface area contributed by atoms with Crippen LogP contribution in [-0.4, -0.2) is 5.17 Å². The second kappa shape index (κ2) is 3.08. The number of rotatable bonds is 2. The molecular formula is C6H12ClN. The zero-order chi connectivity index (χ0) is 6.73. The lowest BCUT2D eigenvalue weighted by Crippen LogP contribution is -2.09. The zero-order valence-corrected chi connectivity index (χ0v) is 6.29. The third-order valence-electron chi connectivity index (χ3n) is 1.40. The van der Waals surface area contributed by atoms with Gasteiger partial charge in [-0.15, -0.1) is 0 Å². The molecule has 48 valence electrons. The summed E-state index contributed by atoms with van der Waals surface area (Å²) in [7, 11) is 0. The average Bonchev–Trinajstić information content (AvgIpc) is 1.64. The molecule has 1 N–H and O–H groups in total. The van der Waals surface area contributed by atoms with Crippen LogP contribution in [0.3, 0.4) is 0 Å². The monoisotopic (exact) mass is 133 g/mol. The van der Waals surface area contributed by atoms with Crippen LogP contribution in [-0.2, 0) is 0 Å². The molecule has 0 rings (SSSR count). The van der Waals surface area contributed by atoms with Crippen molar-refractivity contribution in [2.75, 3.05) is 0 Å². The number of halogens is 1. The van der Waals surface area contributed by atoms with Gasteiger partial charge in [0.2, 0.25) is 0 Å². The highest BCUT2D eigenvalue weighted by molar-refractivity contribution is 6.64. The fraction of sp³-hybridized carbons (Fsp3) is 0.833. The van der Waals surface area contributed by atoms with Gasteiger partial charge in [0.25, 0.3) is 0 Å². The molecule has 1 nitrogen and oxygen atoms in total. The van der Waals surface area contributed by atoms with E-state index in [0.29, 0.717) is 5.92 Å². The van der Waals surface area contributed by atoms with Crippen molar-refractivity contribution in [1.82, 2.24) is 0 Å².